The second-order valence-electron chi connectivity index (χ2n) is 5.78. The molecule has 1 aromatic rings. The molecular formula is C15H23N3S. The summed E-state index contributed by atoms with van der Waals surface area (Å²) in [4.78, 5) is 7.49. The Balaban J connectivity index is 2.46. The first kappa shape index (κ1) is 14.3. The number of nitrogens with two attached hydrogens (primary N) is 1. The van der Waals surface area contributed by atoms with E-state index in [0.29, 0.717) is 16.9 Å². The van der Waals surface area contributed by atoms with Crippen molar-refractivity contribution >= 4 is 23.0 Å². The van der Waals surface area contributed by atoms with Gasteiger partial charge in [0.2, 0.25) is 0 Å². The molecule has 0 amide bonds. The third-order valence-corrected chi connectivity index (χ3v) is 4.43. The number of hydrogen-bond acceptors (Lipinski definition) is 3. The highest BCUT2D eigenvalue weighted by Crippen LogP contribution is 2.28. The Hall–Kier alpha value is -1.16. The van der Waals surface area contributed by atoms with Crippen molar-refractivity contribution < 1.29 is 0 Å². The van der Waals surface area contributed by atoms with Crippen molar-refractivity contribution in [1.29, 1.82) is 0 Å². The first-order valence-electron chi connectivity index (χ1n) is 6.97. The van der Waals surface area contributed by atoms with Crippen molar-refractivity contribution in [3.8, 4) is 0 Å². The number of aryl methyl sites for hydroxylation is 2. The highest BCUT2D eigenvalue weighted by Gasteiger charge is 2.23. The average Bonchev–Trinajstić information content (AvgIpc) is 2.82. The molecule has 0 radical (unpaired) electrons. The van der Waals surface area contributed by atoms with Gasteiger partial charge < -0.3 is 10.6 Å². The van der Waals surface area contributed by atoms with E-state index in [1.165, 1.54) is 17.7 Å². The summed E-state index contributed by atoms with van der Waals surface area (Å²) in [5.41, 5.74) is 9.35. The summed E-state index contributed by atoms with van der Waals surface area (Å²) in [6.45, 7) is 6.65. The molecule has 1 aromatic heterocycles. The van der Waals surface area contributed by atoms with Gasteiger partial charge in [0.15, 0.2) is 0 Å². The van der Waals surface area contributed by atoms with Gasteiger partial charge in [-0.3, -0.25) is 0 Å². The quantitative estimate of drug-likeness (QED) is 0.859. The molecule has 0 bridgehead atoms. The number of rotatable bonds is 4. The lowest BCUT2D eigenvalue weighted by atomic mass is 10.0. The molecule has 1 aliphatic rings. The van der Waals surface area contributed by atoms with Crippen molar-refractivity contribution in [2.24, 2.45) is 11.7 Å². The summed E-state index contributed by atoms with van der Waals surface area (Å²) in [6.07, 6.45) is 3.36. The zero-order chi connectivity index (χ0) is 14.2. The number of thiocarbonyl (C=S) groups is 1. The Labute approximate surface area is 121 Å². The number of aromatic nitrogens is 1. The average molecular weight is 277 g/mol. The maximum atomic E-state index is 5.89. The smallest absolute Gasteiger partial charge is 0.139 e. The van der Waals surface area contributed by atoms with Crippen LogP contribution in [0.15, 0.2) is 6.07 Å². The lowest BCUT2D eigenvalue weighted by Crippen LogP contribution is -2.35. The third kappa shape index (κ3) is 2.73. The molecule has 1 unspecified atom stereocenters. The highest BCUT2D eigenvalue weighted by molar-refractivity contribution is 7.80. The van der Waals surface area contributed by atoms with Crippen LogP contribution in [0.3, 0.4) is 0 Å². The van der Waals surface area contributed by atoms with Gasteiger partial charge in [-0.1, -0.05) is 26.1 Å². The summed E-state index contributed by atoms with van der Waals surface area (Å²) < 4.78 is 0. The fourth-order valence-corrected chi connectivity index (χ4v) is 2.70. The topological polar surface area (TPSA) is 42.2 Å². The van der Waals surface area contributed by atoms with Gasteiger partial charge in [0.05, 0.1) is 5.56 Å². The summed E-state index contributed by atoms with van der Waals surface area (Å²) >= 11 is 5.20. The number of nitrogens with zero attached hydrogens (tertiary/aromatic N) is 2. The summed E-state index contributed by atoms with van der Waals surface area (Å²) in [5.74, 6) is 1.49. The van der Waals surface area contributed by atoms with Crippen molar-refractivity contribution in [2.75, 3.05) is 11.9 Å². The zero-order valence-corrected chi connectivity index (χ0v) is 13.0. The Morgan fingerprint density at radius 1 is 1.37 bits per heavy atom. The molecule has 2 N–H and O–H groups in total. The molecule has 19 heavy (non-hydrogen) atoms. The minimum Gasteiger partial charge on any atom is -0.389 e. The predicted octanol–water partition coefficient (Wildman–Crippen LogP) is 2.69. The Morgan fingerprint density at radius 3 is 2.63 bits per heavy atom. The second-order valence-corrected chi connectivity index (χ2v) is 6.22. The summed E-state index contributed by atoms with van der Waals surface area (Å²) in [7, 11) is 2.08. The Kier molecular flexibility index (Phi) is 4.09. The summed E-state index contributed by atoms with van der Waals surface area (Å²) in [5, 5.41) is 0. The van der Waals surface area contributed by atoms with Gasteiger partial charge in [0.25, 0.3) is 0 Å². The molecule has 0 aromatic carbocycles. The van der Waals surface area contributed by atoms with E-state index in [1.807, 2.05) is 0 Å². The molecule has 0 saturated heterocycles. The van der Waals surface area contributed by atoms with E-state index in [2.05, 4.69) is 38.8 Å². The van der Waals surface area contributed by atoms with E-state index in [0.717, 1.165) is 24.2 Å². The van der Waals surface area contributed by atoms with E-state index >= 15 is 0 Å². The van der Waals surface area contributed by atoms with Crippen LogP contribution in [0.1, 0.15) is 44.0 Å². The van der Waals surface area contributed by atoms with Crippen LogP contribution in [0.2, 0.25) is 0 Å². The van der Waals surface area contributed by atoms with Crippen molar-refractivity contribution in [1.82, 2.24) is 4.98 Å². The Morgan fingerprint density at radius 2 is 2.05 bits per heavy atom. The first-order valence-corrected chi connectivity index (χ1v) is 7.38. The number of fused-ring (bicyclic) bond motifs is 1. The zero-order valence-electron chi connectivity index (χ0n) is 12.2. The normalized spacial score (nSPS) is 15.4. The van der Waals surface area contributed by atoms with Crippen LogP contribution in [-0.2, 0) is 12.8 Å². The fraction of sp³-hybridized carbons (Fsp3) is 0.600. The van der Waals surface area contributed by atoms with Gasteiger partial charge in [-0.25, -0.2) is 4.98 Å². The molecule has 104 valence electrons. The fourth-order valence-electron chi connectivity index (χ4n) is 2.55. The molecule has 3 nitrogen and oxygen atoms in total. The van der Waals surface area contributed by atoms with Crippen LogP contribution < -0.4 is 10.6 Å². The molecule has 0 spiro atoms. The van der Waals surface area contributed by atoms with Gasteiger partial charge >= 0.3 is 0 Å². The van der Waals surface area contributed by atoms with Crippen LogP contribution >= 0.6 is 12.2 Å². The van der Waals surface area contributed by atoms with E-state index in [9.17, 15) is 0 Å². The van der Waals surface area contributed by atoms with E-state index < -0.39 is 0 Å². The molecule has 4 heteroatoms. The molecule has 1 heterocycles. The third-order valence-electron chi connectivity index (χ3n) is 4.21. The van der Waals surface area contributed by atoms with Gasteiger partial charge in [-0.05, 0) is 43.7 Å². The van der Waals surface area contributed by atoms with Crippen LogP contribution in [0.5, 0.6) is 0 Å². The molecule has 0 saturated carbocycles. The van der Waals surface area contributed by atoms with Crippen LogP contribution in [0, 0.1) is 5.92 Å². The highest BCUT2D eigenvalue weighted by atomic mass is 32.1. The van der Waals surface area contributed by atoms with Gasteiger partial charge in [0, 0.05) is 18.8 Å². The number of hydrogen-bond donors (Lipinski definition) is 1. The lowest BCUT2D eigenvalue weighted by Gasteiger charge is -2.30. The van der Waals surface area contributed by atoms with Gasteiger partial charge in [0.1, 0.15) is 10.8 Å². The van der Waals surface area contributed by atoms with Crippen molar-refractivity contribution in [3.05, 3.63) is 22.9 Å². The molecule has 2 rings (SSSR count). The van der Waals surface area contributed by atoms with E-state index in [1.54, 1.807) is 0 Å². The molecule has 1 atom stereocenters. The maximum absolute atomic E-state index is 5.89. The van der Waals surface area contributed by atoms with Crippen LogP contribution in [0.25, 0.3) is 0 Å². The largest absolute Gasteiger partial charge is 0.389 e. The second kappa shape index (κ2) is 5.45. The molecular weight excluding hydrogens is 254 g/mol. The van der Waals surface area contributed by atoms with Gasteiger partial charge in [-0.2, -0.15) is 0 Å². The van der Waals surface area contributed by atoms with Crippen LogP contribution in [-0.4, -0.2) is 23.1 Å². The maximum Gasteiger partial charge on any atom is 0.139 e. The molecule has 0 aliphatic heterocycles. The SMILES string of the molecule is CC(C)C(C)N(C)c1nc2c(cc1C(N)=S)CCC2. The van der Waals surface area contributed by atoms with Crippen molar-refractivity contribution in [2.45, 2.75) is 46.1 Å². The summed E-state index contributed by atoms with van der Waals surface area (Å²) in [6, 6.07) is 2.55. The minimum absolute atomic E-state index is 0.403. The Bertz CT molecular complexity index is 496. The van der Waals surface area contributed by atoms with Crippen molar-refractivity contribution in [3.63, 3.8) is 0 Å². The monoisotopic (exact) mass is 277 g/mol. The standard InChI is InChI=1S/C15H23N3S/c1-9(2)10(3)18(4)15-12(14(16)19)8-11-6-5-7-13(11)17-15/h8-10H,5-7H2,1-4H3,(H2,16,19). The van der Waals surface area contributed by atoms with E-state index in [4.69, 9.17) is 22.9 Å². The lowest BCUT2D eigenvalue weighted by molar-refractivity contribution is 0.502. The number of pyridine rings is 1. The van der Waals surface area contributed by atoms with E-state index in [-0.39, 0.29) is 0 Å². The van der Waals surface area contributed by atoms with Gasteiger partial charge in [-0.15, -0.1) is 0 Å². The number of anilines is 1. The molecule has 0 fully saturated rings. The molecule has 1 aliphatic carbocycles. The minimum atomic E-state index is 0.403. The van der Waals surface area contributed by atoms with Crippen LogP contribution in [0.4, 0.5) is 5.82 Å². The predicted molar refractivity (Wildman–Crippen MR) is 84.9 cm³/mol. The first-order chi connectivity index (χ1) is 8.91.